The lowest BCUT2D eigenvalue weighted by atomic mass is 10.2. The Bertz CT molecular complexity index is 877. The van der Waals surface area contributed by atoms with E-state index in [1.54, 1.807) is 11.6 Å². The van der Waals surface area contributed by atoms with Crippen LogP contribution in [-0.2, 0) is 6.54 Å². The number of nitro groups is 2. The van der Waals surface area contributed by atoms with Crippen LogP contribution in [0.2, 0.25) is 5.15 Å². The van der Waals surface area contributed by atoms with Gasteiger partial charge in [-0.2, -0.15) is 10.2 Å². The number of aromatic nitrogens is 2. The van der Waals surface area contributed by atoms with Gasteiger partial charge in [0.25, 0.3) is 5.69 Å². The Morgan fingerprint density at radius 1 is 1.35 bits per heavy atom. The predicted molar refractivity (Wildman–Crippen MR) is 97.8 cm³/mol. The molecule has 0 saturated heterocycles. The van der Waals surface area contributed by atoms with E-state index in [1.807, 2.05) is 13.8 Å². The third-order valence-corrected chi connectivity index (χ3v) is 3.81. The molecule has 0 aliphatic heterocycles. The minimum Gasteiger partial charge on any atom is -0.272 e. The van der Waals surface area contributed by atoms with E-state index in [0.29, 0.717) is 28.9 Å². The summed E-state index contributed by atoms with van der Waals surface area (Å²) in [6.07, 6.45) is 1.41. The van der Waals surface area contributed by atoms with E-state index < -0.39 is 15.5 Å². The molecule has 1 aromatic heterocycles. The molecule has 0 amide bonds. The molecule has 0 aliphatic rings. The van der Waals surface area contributed by atoms with Gasteiger partial charge in [-0.3, -0.25) is 30.3 Å². The van der Waals surface area contributed by atoms with Crippen LogP contribution in [0, 0.1) is 33.1 Å². The molecule has 1 heterocycles. The zero-order chi connectivity index (χ0) is 19.4. The number of hydrogen-bond acceptors (Lipinski definition) is 7. The van der Waals surface area contributed by atoms with Crippen molar-refractivity contribution in [3.05, 3.63) is 54.8 Å². The first kappa shape index (κ1) is 19.3. The average molecular weight is 381 g/mol. The van der Waals surface area contributed by atoms with E-state index in [-0.39, 0.29) is 11.4 Å². The standard InChI is InChI=1S/C15H17ClN6O4/c1-9(2)8-20-15(16)12(10(3)19-20)7-17-18-13-5-4-11(21(23)24)6-14(13)22(25)26/h4-7,9,18H,8H2,1-3H3/b17-7-. The summed E-state index contributed by atoms with van der Waals surface area (Å²) >= 11 is 6.29. The van der Waals surface area contributed by atoms with Crippen molar-refractivity contribution < 1.29 is 9.85 Å². The van der Waals surface area contributed by atoms with E-state index in [0.717, 1.165) is 12.1 Å². The van der Waals surface area contributed by atoms with Gasteiger partial charge in [0.1, 0.15) is 10.8 Å². The Hall–Kier alpha value is -3.01. The highest BCUT2D eigenvalue weighted by Crippen LogP contribution is 2.29. The molecule has 0 fully saturated rings. The van der Waals surface area contributed by atoms with Crippen molar-refractivity contribution in [1.82, 2.24) is 9.78 Å². The number of nitrogens with one attached hydrogen (secondary N) is 1. The van der Waals surface area contributed by atoms with E-state index in [9.17, 15) is 20.2 Å². The van der Waals surface area contributed by atoms with E-state index in [2.05, 4.69) is 15.6 Å². The van der Waals surface area contributed by atoms with Crippen molar-refractivity contribution in [2.24, 2.45) is 11.0 Å². The second-order valence-electron chi connectivity index (χ2n) is 5.95. The Morgan fingerprint density at radius 2 is 2.04 bits per heavy atom. The van der Waals surface area contributed by atoms with Crippen molar-refractivity contribution in [3.8, 4) is 0 Å². The molecular formula is C15H17ClN6O4. The lowest BCUT2D eigenvalue weighted by Crippen LogP contribution is -2.06. The Balaban J connectivity index is 2.25. The van der Waals surface area contributed by atoms with Crippen LogP contribution in [0.15, 0.2) is 23.3 Å². The van der Waals surface area contributed by atoms with Gasteiger partial charge >= 0.3 is 5.69 Å². The second-order valence-corrected chi connectivity index (χ2v) is 6.31. The summed E-state index contributed by atoms with van der Waals surface area (Å²) in [5.41, 5.74) is 2.98. The van der Waals surface area contributed by atoms with Gasteiger partial charge in [0.05, 0.1) is 33.4 Å². The van der Waals surface area contributed by atoms with Gasteiger partial charge in [-0.05, 0) is 18.9 Å². The number of nitro benzene ring substituents is 2. The second kappa shape index (κ2) is 7.91. The average Bonchev–Trinajstić information content (AvgIpc) is 2.81. The maximum atomic E-state index is 11.1. The third kappa shape index (κ3) is 4.33. The van der Waals surface area contributed by atoms with Gasteiger partial charge in [-0.25, -0.2) is 0 Å². The Labute approximate surface area is 153 Å². The third-order valence-electron chi connectivity index (χ3n) is 3.41. The Morgan fingerprint density at radius 3 is 2.62 bits per heavy atom. The molecule has 1 aromatic carbocycles. The van der Waals surface area contributed by atoms with E-state index >= 15 is 0 Å². The molecule has 0 unspecified atom stereocenters. The van der Waals surface area contributed by atoms with Gasteiger partial charge in [0.15, 0.2) is 0 Å². The number of anilines is 1. The van der Waals surface area contributed by atoms with Crippen LogP contribution in [0.1, 0.15) is 25.1 Å². The number of benzene rings is 1. The largest absolute Gasteiger partial charge is 0.301 e. The molecule has 0 bridgehead atoms. The van der Waals surface area contributed by atoms with Gasteiger partial charge < -0.3 is 0 Å². The number of halogens is 1. The van der Waals surface area contributed by atoms with Crippen LogP contribution in [0.25, 0.3) is 0 Å². The lowest BCUT2D eigenvalue weighted by molar-refractivity contribution is -0.393. The summed E-state index contributed by atoms with van der Waals surface area (Å²) in [4.78, 5) is 20.4. The highest BCUT2D eigenvalue weighted by Gasteiger charge is 2.19. The van der Waals surface area contributed by atoms with Gasteiger partial charge in [0, 0.05) is 12.6 Å². The number of non-ortho nitro benzene ring substituents is 1. The minimum atomic E-state index is -0.719. The molecule has 0 atom stereocenters. The van der Waals surface area contributed by atoms with Crippen molar-refractivity contribution >= 4 is 34.9 Å². The number of hydrazone groups is 1. The number of rotatable bonds is 7. The zero-order valence-corrected chi connectivity index (χ0v) is 15.1. The van der Waals surface area contributed by atoms with Crippen LogP contribution in [0.5, 0.6) is 0 Å². The first-order valence-corrected chi connectivity index (χ1v) is 8.03. The smallest absolute Gasteiger partial charge is 0.272 e. The quantitative estimate of drug-likeness (QED) is 0.442. The zero-order valence-electron chi connectivity index (χ0n) is 14.3. The van der Waals surface area contributed by atoms with Gasteiger partial charge in [-0.1, -0.05) is 25.4 Å². The monoisotopic (exact) mass is 380 g/mol. The normalized spacial score (nSPS) is 11.3. The van der Waals surface area contributed by atoms with Crippen LogP contribution in [0.4, 0.5) is 17.1 Å². The van der Waals surface area contributed by atoms with Crippen LogP contribution >= 0.6 is 11.6 Å². The van der Waals surface area contributed by atoms with Crippen LogP contribution in [0.3, 0.4) is 0 Å². The van der Waals surface area contributed by atoms with Crippen molar-refractivity contribution in [3.63, 3.8) is 0 Å². The number of aryl methyl sites for hydroxylation is 1. The summed E-state index contributed by atoms with van der Waals surface area (Å²) in [6, 6.07) is 3.25. The summed E-state index contributed by atoms with van der Waals surface area (Å²) < 4.78 is 1.66. The molecule has 11 heteroatoms. The first-order chi connectivity index (χ1) is 12.2. The fraction of sp³-hybridized carbons (Fsp3) is 0.333. The van der Waals surface area contributed by atoms with Crippen LogP contribution in [-0.4, -0.2) is 25.8 Å². The van der Waals surface area contributed by atoms with Crippen molar-refractivity contribution in [2.45, 2.75) is 27.3 Å². The minimum absolute atomic E-state index is 0.0280. The number of nitrogens with zero attached hydrogens (tertiary/aromatic N) is 5. The van der Waals surface area contributed by atoms with Crippen molar-refractivity contribution in [2.75, 3.05) is 5.43 Å². The molecule has 2 rings (SSSR count). The topological polar surface area (TPSA) is 128 Å². The highest BCUT2D eigenvalue weighted by atomic mass is 35.5. The molecular weight excluding hydrogens is 364 g/mol. The van der Waals surface area contributed by atoms with E-state index in [4.69, 9.17) is 11.6 Å². The molecule has 26 heavy (non-hydrogen) atoms. The molecule has 2 aromatic rings. The van der Waals surface area contributed by atoms with E-state index in [1.165, 1.54) is 12.3 Å². The molecule has 0 spiro atoms. The summed E-state index contributed by atoms with van der Waals surface area (Å²) in [5.74, 6) is 0.359. The number of hydrogen-bond donors (Lipinski definition) is 1. The SMILES string of the molecule is Cc1nn(CC(C)C)c(Cl)c1/C=N\Nc1ccc([N+](=O)[O-])cc1[N+](=O)[O-]. The summed E-state index contributed by atoms with van der Waals surface area (Å²) in [6.45, 7) is 6.50. The van der Waals surface area contributed by atoms with Crippen LogP contribution < -0.4 is 5.43 Å². The van der Waals surface area contributed by atoms with Crippen molar-refractivity contribution in [1.29, 1.82) is 0 Å². The molecule has 1 N–H and O–H groups in total. The summed E-state index contributed by atoms with van der Waals surface area (Å²) in [7, 11) is 0. The maximum Gasteiger partial charge on any atom is 0.301 e. The van der Waals surface area contributed by atoms with Gasteiger partial charge in [-0.15, -0.1) is 0 Å². The lowest BCUT2D eigenvalue weighted by Gasteiger charge is -2.05. The first-order valence-electron chi connectivity index (χ1n) is 7.65. The predicted octanol–water partition coefficient (Wildman–Crippen LogP) is 3.76. The van der Waals surface area contributed by atoms with Gasteiger partial charge in [0.2, 0.25) is 0 Å². The maximum absolute atomic E-state index is 11.1. The Kier molecular flexibility index (Phi) is 5.88. The molecule has 10 nitrogen and oxygen atoms in total. The summed E-state index contributed by atoms with van der Waals surface area (Å²) in [5, 5.41) is 30.6. The fourth-order valence-corrected chi connectivity index (χ4v) is 2.52. The highest BCUT2D eigenvalue weighted by molar-refractivity contribution is 6.32. The molecule has 0 saturated carbocycles. The molecule has 0 aliphatic carbocycles. The molecule has 138 valence electrons. The fourth-order valence-electron chi connectivity index (χ4n) is 2.23. The molecule has 0 radical (unpaired) electrons.